The second-order valence-electron chi connectivity index (χ2n) is 23.0. The molecule has 0 aliphatic carbocycles. The number of likely N-dealkylation sites (tertiary alicyclic amines) is 1. The van der Waals surface area contributed by atoms with Crippen LogP contribution in [0, 0.1) is 23.7 Å². The van der Waals surface area contributed by atoms with Gasteiger partial charge in [-0.2, -0.15) is 0 Å². The normalized spacial score (nSPS) is 19.1. The number of nitrogens with zero attached hydrogens (tertiary/aromatic N) is 5. The first-order chi connectivity index (χ1) is 39.2. The van der Waals surface area contributed by atoms with E-state index in [0.29, 0.717) is 45.4 Å². The van der Waals surface area contributed by atoms with E-state index in [2.05, 4.69) is 33.2 Å². The molecule has 10 atom stereocenters. The Labute approximate surface area is 483 Å². The predicted molar refractivity (Wildman–Crippen MR) is 311 cm³/mol. The number of likely N-dealkylation sites (N-methyl/N-ethyl adjacent to an activating group) is 2. The minimum absolute atomic E-state index is 0.00822. The average molecular weight is 1140 g/mol. The van der Waals surface area contributed by atoms with Crippen LogP contribution in [-0.4, -0.2) is 193 Å². The first-order valence-electron chi connectivity index (χ1n) is 29.2. The molecule has 450 valence electrons. The number of nitrogens with one attached hydrogen (secondary N) is 5. The van der Waals surface area contributed by atoms with Gasteiger partial charge in [0.05, 0.1) is 49.3 Å². The van der Waals surface area contributed by atoms with E-state index >= 15 is 0 Å². The lowest BCUT2D eigenvalue weighted by Gasteiger charge is -2.43. The number of para-hydroxylation sites is 1. The molecule has 0 unspecified atom stereocenters. The molecule has 0 radical (unpaired) electrons. The summed E-state index contributed by atoms with van der Waals surface area (Å²) < 4.78 is 12.3. The van der Waals surface area contributed by atoms with Crippen molar-refractivity contribution in [3.05, 3.63) is 84.1 Å². The van der Waals surface area contributed by atoms with Crippen molar-refractivity contribution in [1.82, 2.24) is 50.9 Å². The molecule has 3 aliphatic heterocycles. The van der Waals surface area contributed by atoms with Crippen molar-refractivity contribution in [2.24, 2.45) is 23.7 Å². The van der Waals surface area contributed by atoms with E-state index in [9.17, 15) is 38.4 Å². The number of rotatable bonds is 29. The molecule has 6 rings (SSSR count). The number of carbonyl (C=O) groups excluding carboxylic acids is 8. The standard InChI is InChI=1S/C61H90N10O11/c1-12-40(6)55(68(9)54(39(4)5)59(77)66-58(76)53(38(2)3)67(8)37-44(33-42-21-14-13-15-22-42)64-61(79)62-28-31-70-50(72)26-27-51(70)73)49(80-10)35-52(74)69-29-20-25-48(69)56(81-11)41(7)57(75)65-47(60(78)71-30-18-19-32-82-71)34-43-36-63-46-24-17-16-23-45(43)46/h13-17,21-24,26-27,36,38-41,44,47-49,53-56,63H,12,18-20,25,28-35,37H2,1-11H3,(H,65,75)(H2,62,64,79)(H,66,76,77)/t40-,41+,44-,47-,48-,49+,53-,54-,55-,56+/m0/s1. The molecule has 3 aromatic rings. The van der Waals surface area contributed by atoms with Gasteiger partial charge in [0.2, 0.25) is 23.6 Å². The Morgan fingerprint density at radius 3 is 2.10 bits per heavy atom. The molecule has 3 aliphatic rings. The second kappa shape index (κ2) is 30.7. The minimum Gasteiger partial charge on any atom is -0.379 e. The summed E-state index contributed by atoms with van der Waals surface area (Å²) in [4.78, 5) is 125. The van der Waals surface area contributed by atoms with Crippen LogP contribution in [0.3, 0.4) is 0 Å². The van der Waals surface area contributed by atoms with Crippen LogP contribution in [0.1, 0.15) is 98.1 Å². The van der Waals surface area contributed by atoms with Gasteiger partial charge in [0.15, 0.2) is 0 Å². The number of hydrogen-bond donors (Lipinski definition) is 5. The summed E-state index contributed by atoms with van der Waals surface area (Å²) in [6, 6.07) is 12.9. The molecule has 21 nitrogen and oxygen atoms in total. The van der Waals surface area contributed by atoms with Gasteiger partial charge in [-0.3, -0.25) is 58.4 Å². The third kappa shape index (κ3) is 16.6. The zero-order valence-corrected chi connectivity index (χ0v) is 50.0. The molecule has 4 heterocycles. The Kier molecular flexibility index (Phi) is 24.2. The molecule has 1 aromatic heterocycles. The van der Waals surface area contributed by atoms with Crippen LogP contribution in [-0.2, 0) is 60.7 Å². The van der Waals surface area contributed by atoms with Gasteiger partial charge in [-0.15, -0.1) is 0 Å². The van der Waals surface area contributed by atoms with Crippen molar-refractivity contribution in [2.75, 3.05) is 67.6 Å². The molecule has 21 heteroatoms. The number of hydroxylamine groups is 2. The summed E-state index contributed by atoms with van der Waals surface area (Å²) in [6.45, 7) is 15.0. The highest BCUT2D eigenvalue weighted by atomic mass is 16.7. The van der Waals surface area contributed by atoms with E-state index in [1.54, 1.807) is 26.0 Å². The van der Waals surface area contributed by atoms with Crippen LogP contribution < -0.4 is 21.3 Å². The van der Waals surface area contributed by atoms with Gasteiger partial charge in [0.1, 0.15) is 6.04 Å². The van der Waals surface area contributed by atoms with Gasteiger partial charge in [-0.1, -0.05) is 103 Å². The highest BCUT2D eigenvalue weighted by Gasteiger charge is 2.44. The number of ether oxygens (including phenoxy) is 2. The van der Waals surface area contributed by atoms with E-state index in [4.69, 9.17) is 14.3 Å². The Morgan fingerprint density at radius 2 is 1.46 bits per heavy atom. The topological polar surface area (TPSA) is 244 Å². The van der Waals surface area contributed by atoms with E-state index in [0.717, 1.165) is 39.8 Å². The smallest absolute Gasteiger partial charge is 0.315 e. The number of H-pyrrole nitrogens is 1. The molecule has 2 aromatic carbocycles. The molecule has 9 amide bonds. The fraction of sp³-hybridized carbons (Fsp3) is 0.607. The Hall–Kier alpha value is -6.52. The first-order valence-corrected chi connectivity index (χ1v) is 29.2. The fourth-order valence-electron chi connectivity index (χ4n) is 12.3. The van der Waals surface area contributed by atoms with Crippen LogP contribution >= 0.6 is 0 Å². The van der Waals surface area contributed by atoms with Gasteiger partial charge in [0.25, 0.3) is 17.7 Å². The SMILES string of the molecule is CC[C@H](C)[C@@H]([C@@H](CC(=O)N1CCC[C@H]1[C@H](OC)[C@@H](C)C(=O)N[C@@H](Cc1c[nH]c2ccccc12)C(=O)N1CCCCO1)OC)N(C)[C@H](C(=O)NC(=O)[C@H](C(C)C)N(C)C[C@H](Cc1ccccc1)NC(=O)NCCN1C(=O)C=CC1=O)C(C)C. The average Bonchev–Trinajstić information content (AvgIpc) is 4.37. The van der Waals surface area contributed by atoms with Crippen molar-refractivity contribution in [3.63, 3.8) is 0 Å². The van der Waals surface area contributed by atoms with Gasteiger partial charge in [-0.05, 0) is 81.1 Å². The zero-order chi connectivity index (χ0) is 59.8. The third-order valence-corrected chi connectivity index (χ3v) is 16.5. The van der Waals surface area contributed by atoms with Crippen molar-refractivity contribution in [2.45, 2.75) is 148 Å². The monoisotopic (exact) mass is 1140 g/mol. The molecular formula is C61H90N10O11. The minimum atomic E-state index is -0.927. The number of urea groups is 1. The first kappa shape index (κ1) is 64.6. The number of amides is 9. The molecule has 5 N–H and O–H groups in total. The quantitative estimate of drug-likeness (QED) is 0.0598. The van der Waals surface area contributed by atoms with Crippen LogP contribution in [0.25, 0.3) is 10.9 Å². The van der Waals surface area contributed by atoms with E-state index < -0.39 is 84.0 Å². The van der Waals surface area contributed by atoms with E-state index in [1.165, 1.54) is 24.3 Å². The third-order valence-electron chi connectivity index (χ3n) is 16.5. The lowest BCUT2D eigenvalue weighted by molar-refractivity contribution is -0.199. The molecule has 0 saturated carbocycles. The fourth-order valence-corrected chi connectivity index (χ4v) is 12.3. The Morgan fingerprint density at radius 1 is 0.793 bits per heavy atom. The summed E-state index contributed by atoms with van der Waals surface area (Å²) in [5.74, 6) is -4.17. The van der Waals surface area contributed by atoms with Gasteiger partial charge in [0, 0.05) is 94.7 Å². The van der Waals surface area contributed by atoms with Crippen LogP contribution in [0.4, 0.5) is 4.79 Å². The summed E-state index contributed by atoms with van der Waals surface area (Å²) in [5.41, 5.74) is 2.75. The van der Waals surface area contributed by atoms with Gasteiger partial charge >= 0.3 is 6.03 Å². The van der Waals surface area contributed by atoms with Crippen molar-refractivity contribution in [3.8, 4) is 0 Å². The molecular weight excluding hydrogens is 1050 g/mol. The number of aromatic amines is 1. The number of imide groups is 2. The van der Waals surface area contributed by atoms with Crippen LogP contribution in [0.5, 0.6) is 0 Å². The van der Waals surface area contributed by atoms with Crippen LogP contribution in [0.2, 0.25) is 0 Å². The van der Waals surface area contributed by atoms with E-state index in [1.807, 2.05) is 112 Å². The lowest BCUT2D eigenvalue weighted by Crippen LogP contribution is -2.61. The van der Waals surface area contributed by atoms with E-state index in [-0.39, 0.29) is 68.0 Å². The summed E-state index contributed by atoms with van der Waals surface area (Å²) in [5, 5.41) is 13.9. The van der Waals surface area contributed by atoms with Crippen molar-refractivity contribution in [1.29, 1.82) is 0 Å². The van der Waals surface area contributed by atoms with Crippen molar-refractivity contribution >= 4 is 58.3 Å². The number of hydrogen-bond acceptors (Lipinski definition) is 13. The number of fused-ring (bicyclic) bond motifs is 1. The van der Waals surface area contributed by atoms with Crippen molar-refractivity contribution < 1.29 is 52.7 Å². The molecule has 2 saturated heterocycles. The number of benzene rings is 2. The Balaban J connectivity index is 1.12. The lowest BCUT2D eigenvalue weighted by atomic mass is 9.87. The molecule has 2 fully saturated rings. The molecule has 0 spiro atoms. The zero-order valence-electron chi connectivity index (χ0n) is 50.0. The van der Waals surface area contributed by atoms with Crippen LogP contribution in [0.15, 0.2) is 72.9 Å². The summed E-state index contributed by atoms with van der Waals surface area (Å²) in [6.07, 6.45) is 7.07. The second-order valence-corrected chi connectivity index (χ2v) is 23.0. The molecule has 0 bridgehead atoms. The number of carbonyl (C=O) groups is 8. The number of aromatic nitrogens is 1. The van der Waals surface area contributed by atoms with Gasteiger partial charge < -0.3 is 35.3 Å². The maximum atomic E-state index is 14.8. The highest BCUT2D eigenvalue weighted by Crippen LogP contribution is 2.31. The predicted octanol–water partition coefficient (Wildman–Crippen LogP) is 4.60. The maximum absolute atomic E-state index is 14.8. The highest BCUT2D eigenvalue weighted by molar-refractivity contribution is 6.12. The molecule has 82 heavy (non-hydrogen) atoms. The largest absolute Gasteiger partial charge is 0.379 e. The Bertz CT molecular complexity index is 2660. The number of methoxy groups -OCH3 is 2. The summed E-state index contributed by atoms with van der Waals surface area (Å²) in [7, 11) is 6.72. The maximum Gasteiger partial charge on any atom is 0.315 e. The summed E-state index contributed by atoms with van der Waals surface area (Å²) >= 11 is 0. The van der Waals surface area contributed by atoms with Gasteiger partial charge in [-0.25, -0.2) is 9.86 Å².